The van der Waals surface area contributed by atoms with Gasteiger partial charge in [0.25, 0.3) is 0 Å². The fourth-order valence-corrected chi connectivity index (χ4v) is 3.75. The second-order valence-corrected chi connectivity index (χ2v) is 6.85. The Balaban J connectivity index is 2.22. The smallest absolute Gasteiger partial charge is 0.0465 e. The van der Waals surface area contributed by atoms with Gasteiger partial charge in [-0.2, -0.15) is 0 Å². The largest absolute Gasteiger partial charge is 0.308 e. The summed E-state index contributed by atoms with van der Waals surface area (Å²) in [4.78, 5) is 2.55. The van der Waals surface area contributed by atoms with Crippen LogP contribution in [0.3, 0.4) is 0 Å². The third-order valence-corrected chi connectivity index (χ3v) is 5.69. The first kappa shape index (κ1) is 17.1. The molecule has 1 atom stereocenters. The third kappa shape index (κ3) is 3.73. The molecule has 1 aliphatic rings. The van der Waals surface area contributed by atoms with E-state index in [1.807, 2.05) is 18.2 Å². The molecule has 1 aromatic carbocycles. The third-order valence-electron chi connectivity index (χ3n) is 4.98. The maximum absolute atomic E-state index is 6.35. The van der Waals surface area contributed by atoms with Crippen LogP contribution in [0.1, 0.15) is 45.6 Å². The highest BCUT2D eigenvalue weighted by atomic mass is 35.5. The molecule has 1 aromatic rings. The van der Waals surface area contributed by atoms with Crippen LogP contribution in [0.4, 0.5) is 0 Å². The quantitative estimate of drug-likeness (QED) is 0.840. The summed E-state index contributed by atoms with van der Waals surface area (Å²) in [5.41, 5.74) is 1.28. The molecule has 1 unspecified atom stereocenters. The van der Waals surface area contributed by atoms with Gasteiger partial charge in [0.05, 0.1) is 0 Å². The standard InChI is InChI=1S/C17H26Cl2N2/c1-4-13-10-20-17(5-2,6-3)12-21(13)11-14-15(18)8-7-9-16(14)19/h7-9,13,20H,4-6,10-12H2,1-3H3. The van der Waals surface area contributed by atoms with Crippen molar-refractivity contribution in [2.75, 3.05) is 13.1 Å². The first-order chi connectivity index (χ1) is 10.0. The van der Waals surface area contributed by atoms with Crippen molar-refractivity contribution in [1.29, 1.82) is 0 Å². The van der Waals surface area contributed by atoms with Gasteiger partial charge in [0.1, 0.15) is 0 Å². The lowest BCUT2D eigenvalue weighted by Gasteiger charge is -2.47. The molecule has 2 nitrogen and oxygen atoms in total. The Labute approximate surface area is 138 Å². The summed E-state index contributed by atoms with van der Waals surface area (Å²) < 4.78 is 0. The summed E-state index contributed by atoms with van der Waals surface area (Å²) in [6.07, 6.45) is 3.43. The monoisotopic (exact) mass is 328 g/mol. The molecular formula is C17H26Cl2N2. The van der Waals surface area contributed by atoms with Crippen molar-refractivity contribution in [3.05, 3.63) is 33.8 Å². The maximum atomic E-state index is 6.35. The van der Waals surface area contributed by atoms with Gasteiger partial charge in [-0.05, 0) is 31.4 Å². The van der Waals surface area contributed by atoms with Crippen LogP contribution in [0, 0.1) is 0 Å². The fraction of sp³-hybridized carbons (Fsp3) is 0.647. The van der Waals surface area contributed by atoms with Gasteiger partial charge >= 0.3 is 0 Å². The van der Waals surface area contributed by atoms with Crippen molar-refractivity contribution in [2.45, 2.75) is 58.2 Å². The van der Waals surface area contributed by atoms with E-state index in [0.717, 1.165) is 54.5 Å². The minimum atomic E-state index is 0.222. The van der Waals surface area contributed by atoms with Gasteiger partial charge in [-0.1, -0.05) is 50.0 Å². The van der Waals surface area contributed by atoms with Crippen LogP contribution in [-0.4, -0.2) is 29.6 Å². The molecule has 0 aromatic heterocycles. The number of nitrogens with one attached hydrogen (secondary N) is 1. The molecule has 1 N–H and O–H groups in total. The summed E-state index contributed by atoms with van der Waals surface area (Å²) in [6, 6.07) is 6.31. The molecule has 0 saturated carbocycles. The predicted molar refractivity (Wildman–Crippen MR) is 92.3 cm³/mol. The Morgan fingerprint density at radius 3 is 2.33 bits per heavy atom. The molecule has 2 rings (SSSR count). The van der Waals surface area contributed by atoms with E-state index in [1.165, 1.54) is 0 Å². The number of rotatable bonds is 5. The van der Waals surface area contributed by atoms with E-state index in [4.69, 9.17) is 23.2 Å². The molecule has 1 aliphatic heterocycles. The van der Waals surface area contributed by atoms with Crippen molar-refractivity contribution in [1.82, 2.24) is 10.2 Å². The average Bonchev–Trinajstić information content (AvgIpc) is 2.51. The molecule has 0 radical (unpaired) electrons. The Hall–Kier alpha value is -0.280. The highest BCUT2D eigenvalue weighted by molar-refractivity contribution is 6.35. The molecule has 1 saturated heterocycles. The van der Waals surface area contributed by atoms with Crippen molar-refractivity contribution in [3.8, 4) is 0 Å². The number of nitrogens with zero attached hydrogens (tertiary/aromatic N) is 1. The van der Waals surface area contributed by atoms with E-state index in [9.17, 15) is 0 Å². The van der Waals surface area contributed by atoms with Crippen LogP contribution in [0.2, 0.25) is 10.0 Å². The predicted octanol–water partition coefficient (Wildman–Crippen LogP) is 4.74. The second kappa shape index (κ2) is 7.32. The van der Waals surface area contributed by atoms with Gasteiger partial charge in [-0.15, -0.1) is 0 Å². The maximum Gasteiger partial charge on any atom is 0.0465 e. The molecule has 0 amide bonds. The van der Waals surface area contributed by atoms with E-state index >= 15 is 0 Å². The fourth-order valence-electron chi connectivity index (χ4n) is 3.23. The summed E-state index contributed by atoms with van der Waals surface area (Å²) in [5.74, 6) is 0. The van der Waals surface area contributed by atoms with Gasteiger partial charge < -0.3 is 5.32 Å². The van der Waals surface area contributed by atoms with Crippen molar-refractivity contribution >= 4 is 23.2 Å². The van der Waals surface area contributed by atoms with Crippen LogP contribution in [0.5, 0.6) is 0 Å². The Morgan fingerprint density at radius 1 is 1.19 bits per heavy atom. The Bertz CT molecular complexity index is 452. The summed E-state index contributed by atoms with van der Waals surface area (Å²) in [5, 5.41) is 5.32. The first-order valence-corrected chi connectivity index (χ1v) is 8.72. The highest BCUT2D eigenvalue weighted by Gasteiger charge is 2.36. The van der Waals surface area contributed by atoms with E-state index in [0.29, 0.717) is 6.04 Å². The molecule has 0 spiro atoms. The number of hydrogen-bond donors (Lipinski definition) is 1. The highest BCUT2D eigenvalue weighted by Crippen LogP contribution is 2.30. The van der Waals surface area contributed by atoms with Gasteiger partial charge in [0, 0.05) is 46.8 Å². The van der Waals surface area contributed by atoms with Crippen LogP contribution in [0.15, 0.2) is 18.2 Å². The van der Waals surface area contributed by atoms with Crippen molar-refractivity contribution in [2.24, 2.45) is 0 Å². The lowest BCUT2D eigenvalue weighted by Crippen LogP contribution is -2.63. The zero-order valence-corrected chi connectivity index (χ0v) is 14.8. The Kier molecular flexibility index (Phi) is 5.96. The topological polar surface area (TPSA) is 15.3 Å². The first-order valence-electron chi connectivity index (χ1n) is 7.97. The van der Waals surface area contributed by atoms with Gasteiger partial charge in [0.15, 0.2) is 0 Å². The van der Waals surface area contributed by atoms with E-state index in [-0.39, 0.29) is 5.54 Å². The number of hydrogen-bond acceptors (Lipinski definition) is 2. The molecule has 0 aliphatic carbocycles. The normalized spacial score (nSPS) is 22.4. The number of benzene rings is 1. The summed E-state index contributed by atoms with van der Waals surface area (Å²) in [6.45, 7) is 9.71. The minimum absolute atomic E-state index is 0.222. The zero-order valence-electron chi connectivity index (χ0n) is 13.3. The van der Waals surface area contributed by atoms with Gasteiger partial charge in [-0.25, -0.2) is 0 Å². The molecule has 118 valence electrons. The van der Waals surface area contributed by atoms with Crippen LogP contribution in [-0.2, 0) is 6.54 Å². The van der Waals surface area contributed by atoms with Crippen molar-refractivity contribution < 1.29 is 0 Å². The number of halogens is 2. The Morgan fingerprint density at radius 2 is 1.81 bits per heavy atom. The zero-order chi connectivity index (χ0) is 15.5. The van der Waals surface area contributed by atoms with Crippen LogP contribution >= 0.6 is 23.2 Å². The SMILES string of the molecule is CCC1CNC(CC)(CC)CN1Cc1c(Cl)cccc1Cl. The molecular weight excluding hydrogens is 303 g/mol. The molecule has 1 heterocycles. The van der Waals surface area contributed by atoms with Crippen LogP contribution < -0.4 is 5.32 Å². The molecule has 0 bridgehead atoms. The van der Waals surface area contributed by atoms with Gasteiger partial charge in [0.2, 0.25) is 0 Å². The van der Waals surface area contributed by atoms with E-state index < -0.39 is 0 Å². The van der Waals surface area contributed by atoms with Crippen LogP contribution in [0.25, 0.3) is 0 Å². The summed E-state index contributed by atoms with van der Waals surface area (Å²) >= 11 is 12.7. The number of piperazine rings is 1. The molecule has 1 fully saturated rings. The second-order valence-electron chi connectivity index (χ2n) is 6.04. The lowest BCUT2D eigenvalue weighted by atomic mass is 9.88. The molecule has 21 heavy (non-hydrogen) atoms. The van der Waals surface area contributed by atoms with Gasteiger partial charge in [-0.3, -0.25) is 4.90 Å². The summed E-state index contributed by atoms with van der Waals surface area (Å²) in [7, 11) is 0. The minimum Gasteiger partial charge on any atom is -0.308 e. The van der Waals surface area contributed by atoms with Crippen molar-refractivity contribution in [3.63, 3.8) is 0 Å². The van der Waals surface area contributed by atoms with E-state index in [1.54, 1.807) is 0 Å². The molecule has 4 heteroatoms. The average molecular weight is 329 g/mol. The lowest BCUT2D eigenvalue weighted by molar-refractivity contribution is 0.0644. The van der Waals surface area contributed by atoms with E-state index in [2.05, 4.69) is 31.0 Å².